The molecule has 4 rings (SSSR count). The van der Waals surface area contributed by atoms with Gasteiger partial charge in [0.25, 0.3) is 0 Å². The Labute approximate surface area is 171 Å². The highest BCUT2D eigenvalue weighted by molar-refractivity contribution is 6.30. The zero-order valence-electron chi connectivity index (χ0n) is 14.7. The fourth-order valence-corrected chi connectivity index (χ4v) is 3.12. The number of hydrogen-bond acceptors (Lipinski definition) is 6. The first-order valence-electron chi connectivity index (χ1n) is 8.54. The van der Waals surface area contributed by atoms with Crippen LogP contribution in [0, 0.1) is 0 Å². The third-order valence-corrected chi connectivity index (χ3v) is 4.39. The number of hydrazine groups is 1. The summed E-state index contributed by atoms with van der Waals surface area (Å²) in [5.41, 5.74) is 7.75. The summed E-state index contributed by atoms with van der Waals surface area (Å²) >= 11 is 12.0. The van der Waals surface area contributed by atoms with E-state index in [1.807, 2.05) is 48.5 Å². The maximum absolute atomic E-state index is 6.00. The number of aromatic nitrogens is 2. The lowest BCUT2D eigenvalue weighted by molar-refractivity contribution is 0.517. The Morgan fingerprint density at radius 2 is 1.18 bits per heavy atom. The summed E-state index contributed by atoms with van der Waals surface area (Å²) in [6.45, 7) is 0. The van der Waals surface area contributed by atoms with Gasteiger partial charge in [0.1, 0.15) is 11.5 Å². The van der Waals surface area contributed by atoms with Crippen LogP contribution in [0.1, 0.15) is 22.6 Å². The SMILES string of the molecule is Clc1cccc(Cc2cnc(NNc3ncc(Cc4cccc(Cl)c4)o3)o2)c1. The van der Waals surface area contributed by atoms with E-state index in [2.05, 4.69) is 20.8 Å². The highest BCUT2D eigenvalue weighted by Gasteiger charge is 2.08. The summed E-state index contributed by atoms with van der Waals surface area (Å²) in [7, 11) is 0. The minimum absolute atomic E-state index is 0.312. The van der Waals surface area contributed by atoms with Crippen LogP contribution in [0.5, 0.6) is 0 Å². The summed E-state index contributed by atoms with van der Waals surface area (Å²) in [6, 6.07) is 15.8. The third kappa shape index (κ3) is 4.85. The van der Waals surface area contributed by atoms with Gasteiger partial charge in [-0.3, -0.25) is 0 Å². The molecule has 142 valence electrons. The molecule has 2 aromatic carbocycles. The Morgan fingerprint density at radius 3 is 1.61 bits per heavy atom. The Morgan fingerprint density at radius 1 is 0.714 bits per heavy atom. The van der Waals surface area contributed by atoms with Crippen LogP contribution in [0.3, 0.4) is 0 Å². The van der Waals surface area contributed by atoms with E-state index in [0.29, 0.717) is 46.4 Å². The molecule has 0 spiro atoms. The predicted octanol–water partition coefficient (Wildman–Crippen LogP) is 5.59. The number of benzene rings is 2. The van der Waals surface area contributed by atoms with Gasteiger partial charge >= 0.3 is 12.0 Å². The number of anilines is 2. The number of oxazole rings is 2. The van der Waals surface area contributed by atoms with E-state index in [-0.39, 0.29) is 0 Å². The molecule has 0 unspecified atom stereocenters. The van der Waals surface area contributed by atoms with E-state index in [1.54, 1.807) is 12.4 Å². The predicted molar refractivity (Wildman–Crippen MR) is 109 cm³/mol. The van der Waals surface area contributed by atoms with E-state index < -0.39 is 0 Å². The van der Waals surface area contributed by atoms with Crippen molar-refractivity contribution in [1.82, 2.24) is 9.97 Å². The van der Waals surface area contributed by atoms with E-state index in [0.717, 1.165) is 11.1 Å². The summed E-state index contributed by atoms with van der Waals surface area (Å²) in [5.74, 6) is 1.42. The van der Waals surface area contributed by atoms with Crippen molar-refractivity contribution in [3.05, 3.63) is 93.6 Å². The second-order valence-electron chi connectivity index (χ2n) is 6.13. The van der Waals surface area contributed by atoms with E-state index in [9.17, 15) is 0 Å². The van der Waals surface area contributed by atoms with Crippen LogP contribution in [0.4, 0.5) is 12.0 Å². The Kier molecular flexibility index (Phi) is 5.50. The Balaban J connectivity index is 1.33. The smallest absolute Gasteiger partial charge is 0.314 e. The molecule has 0 radical (unpaired) electrons. The zero-order chi connectivity index (χ0) is 19.3. The molecule has 0 fully saturated rings. The Hall–Kier alpha value is -2.96. The molecule has 0 saturated carbocycles. The second-order valence-corrected chi connectivity index (χ2v) is 7.00. The molecule has 0 atom stereocenters. The number of hydrogen-bond donors (Lipinski definition) is 2. The van der Waals surface area contributed by atoms with Gasteiger partial charge in [0.05, 0.1) is 12.4 Å². The molecule has 8 heteroatoms. The summed E-state index contributed by atoms with van der Waals surface area (Å²) in [4.78, 5) is 8.35. The van der Waals surface area contributed by atoms with E-state index in [1.165, 1.54) is 0 Å². The van der Waals surface area contributed by atoms with Crippen LogP contribution < -0.4 is 10.9 Å². The van der Waals surface area contributed by atoms with Crippen molar-refractivity contribution in [3.8, 4) is 0 Å². The fourth-order valence-electron chi connectivity index (χ4n) is 2.70. The van der Waals surface area contributed by atoms with Gasteiger partial charge in [-0.1, -0.05) is 47.5 Å². The molecule has 0 aliphatic heterocycles. The lowest BCUT2D eigenvalue weighted by Gasteiger charge is -2.02. The van der Waals surface area contributed by atoms with Gasteiger partial charge in [-0.25, -0.2) is 20.8 Å². The summed E-state index contributed by atoms with van der Waals surface area (Å²) < 4.78 is 11.3. The first-order chi connectivity index (χ1) is 13.6. The minimum atomic E-state index is 0.312. The van der Waals surface area contributed by atoms with Crippen LogP contribution in [0.2, 0.25) is 10.0 Å². The standard InChI is InChI=1S/C20H16Cl2N4O2/c21-15-5-1-3-13(7-15)9-17-11-23-19(27-17)25-26-20-24-12-18(28-20)10-14-4-2-6-16(22)8-14/h1-8,11-12H,9-10H2,(H,23,25)(H,24,26). The molecule has 0 bridgehead atoms. The molecule has 0 amide bonds. The molecule has 4 aromatic rings. The van der Waals surface area contributed by atoms with Gasteiger partial charge in [-0.15, -0.1) is 0 Å². The van der Waals surface area contributed by atoms with E-state index >= 15 is 0 Å². The third-order valence-electron chi connectivity index (χ3n) is 3.92. The van der Waals surface area contributed by atoms with Gasteiger partial charge in [-0.05, 0) is 35.4 Å². The average molecular weight is 415 g/mol. The van der Waals surface area contributed by atoms with Crippen LogP contribution in [0.25, 0.3) is 0 Å². The molecule has 2 N–H and O–H groups in total. The molecule has 2 aromatic heterocycles. The van der Waals surface area contributed by atoms with Crippen molar-refractivity contribution in [2.24, 2.45) is 0 Å². The molecular formula is C20H16Cl2N4O2. The van der Waals surface area contributed by atoms with Gasteiger partial charge in [0.2, 0.25) is 0 Å². The minimum Gasteiger partial charge on any atom is -0.427 e. The van der Waals surface area contributed by atoms with Crippen LogP contribution in [0.15, 0.2) is 69.8 Å². The number of halogens is 2. The monoisotopic (exact) mass is 414 g/mol. The molecule has 28 heavy (non-hydrogen) atoms. The lowest BCUT2D eigenvalue weighted by atomic mass is 10.1. The molecule has 2 heterocycles. The Bertz CT molecular complexity index is 992. The first-order valence-corrected chi connectivity index (χ1v) is 9.30. The highest BCUT2D eigenvalue weighted by Crippen LogP contribution is 2.19. The number of rotatable bonds is 7. The van der Waals surface area contributed by atoms with Gasteiger partial charge in [0, 0.05) is 22.9 Å². The van der Waals surface area contributed by atoms with Crippen LogP contribution in [-0.4, -0.2) is 9.97 Å². The van der Waals surface area contributed by atoms with Crippen molar-refractivity contribution in [2.75, 3.05) is 10.9 Å². The van der Waals surface area contributed by atoms with Crippen molar-refractivity contribution in [1.29, 1.82) is 0 Å². The van der Waals surface area contributed by atoms with Gasteiger partial charge in [-0.2, -0.15) is 0 Å². The average Bonchev–Trinajstić information content (AvgIpc) is 3.29. The maximum atomic E-state index is 6.00. The summed E-state index contributed by atoms with van der Waals surface area (Å²) in [6.07, 6.45) is 4.51. The number of nitrogens with one attached hydrogen (secondary N) is 2. The zero-order valence-corrected chi connectivity index (χ0v) is 16.2. The normalized spacial score (nSPS) is 10.8. The van der Waals surface area contributed by atoms with E-state index in [4.69, 9.17) is 32.0 Å². The molecule has 6 nitrogen and oxygen atoms in total. The lowest BCUT2D eigenvalue weighted by Crippen LogP contribution is -2.08. The quantitative estimate of drug-likeness (QED) is 0.383. The molecular weight excluding hydrogens is 399 g/mol. The highest BCUT2D eigenvalue weighted by atomic mass is 35.5. The van der Waals surface area contributed by atoms with Crippen molar-refractivity contribution < 1.29 is 8.83 Å². The molecule has 0 saturated heterocycles. The number of nitrogens with zero attached hydrogens (tertiary/aromatic N) is 2. The fraction of sp³-hybridized carbons (Fsp3) is 0.100. The molecule has 0 aliphatic carbocycles. The van der Waals surface area contributed by atoms with Gasteiger partial charge < -0.3 is 8.83 Å². The topological polar surface area (TPSA) is 76.1 Å². The van der Waals surface area contributed by atoms with Crippen LogP contribution in [-0.2, 0) is 12.8 Å². The first kappa shape index (κ1) is 18.4. The maximum Gasteiger partial charge on any atom is 0.314 e. The van der Waals surface area contributed by atoms with Crippen LogP contribution >= 0.6 is 23.2 Å². The van der Waals surface area contributed by atoms with Crippen molar-refractivity contribution in [2.45, 2.75) is 12.8 Å². The largest absolute Gasteiger partial charge is 0.427 e. The van der Waals surface area contributed by atoms with Crippen molar-refractivity contribution in [3.63, 3.8) is 0 Å². The summed E-state index contributed by atoms with van der Waals surface area (Å²) in [5, 5.41) is 1.38. The van der Waals surface area contributed by atoms with Gasteiger partial charge in [0.15, 0.2) is 0 Å². The molecule has 0 aliphatic rings. The second kappa shape index (κ2) is 8.37. The van der Waals surface area contributed by atoms with Crippen molar-refractivity contribution >= 4 is 35.2 Å².